The van der Waals surface area contributed by atoms with Gasteiger partial charge in [0.1, 0.15) is 5.82 Å². The van der Waals surface area contributed by atoms with Crippen molar-refractivity contribution in [2.75, 3.05) is 44.2 Å². The van der Waals surface area contributed by atoms with Crippen molar-refractivity contribution < 1.29 is 9.50 Å². The number of guanidine groups is 1. The van der Waals surface area contributed by atoms with Crippen LogP contribution < -0.4 is 15.5 Å². The molecule has 0 spiro atoms. The highest BCUT2D eigenvalue weighted by Crippen LogP contribution is 2.24. The number of aliphatic hydroxyl groups excluding tert-OH is 1. The van der Waals surface area contributed by atoms with Crippen molar-refractivity contribution in [1.29, 1.82) is 0 Å². The van der Waals surface area contributed by atoms with Gasteiger partial charge in [-0.2, -0.15) is 0 Å². The van der Waals surface area contributed by atoms with Gasteiger partial charge in [-0.05, 0) is 57.2 Å². The quantitative estimate of drug-likeness (QED) is 0.352. The summed E-state index contributed by atoms with van der Waals surface area (Å²) in [6.45, 7) is 13.8. The van der Waals surface area contributed by atoms with Crippen LogP contribution >= 0.6 is 0 Å². The van der Waals surface area contributed by atoms with Gasteiger partial charge in [0.2, 0.25) is 0 Å². The van der Waals surface area contributed by atoms with Gasteiger partial charge in [-0.1, -0.05) is 18.2 Å². The van der Waals surface area contributed by atoms with E-state index in [0.29, 0.717) is 44.2 Å². The normalized spacial score (nSPS) is 19.5. The Kier molecular flexibility index (Phi) is 8.72. The van der Waals surface area contributed by atoms with Crippen LogP contribution in [-0.2, 0) is 6.54 Å². The third-order valence-electron chi connectivity index (χ3n) is 6.00. The second-order valence-corrected chi connectivity index (χ2v) is 8.85. The van der Waals surface area contributed by atoms with E-state index in [2.05, 4.69) is 36.0 Å². The number of hydrogen-bond acceptors (Lipinski definition) is 4. The molecule has 0 aliphatic carbocycles. The number of anilines is 1. The Morgan fingerprint density at radius 1 is 1.19 bits per heavy atom. The van der Waals surface area contributed by atoms with E-state index < -0.39 is 0 Å². The number of nitrogens with zero attached hydrogens (tertiary/aromatic N) is 3. The molecule has 0 bridgehead atoms. The van der Waals surface area contributed by atoms with Gasteiger partial charge in [-0.3, -0.25) is 4.90 Å². The second kappa shape index (κ2) is 11.5. The molecule has 2 aliphatic heterocycles. The molecule has 2 aliphatic rings. The zero-order valence-corrected chi connectivity index (χ0v) is 19.0. The molecule has 1 aromatic carbocycles. The number of aliphatic imine (C=N–C) groups is 1. The number of likely N-dealkylation sites (tertiary alicyclic amines) is 1. The maximum absolute atomic E-state index is 14.7. The van der Waals surface area contributed by atoms with Crippen LogP contribution in [0.4, 0.5) is 10.1 Å². The summed E-state index contributed by atoms with van der Waals surface area (Å²) >= 11 is 0. The molecule has 0 unspecified atom stereocenters. The monoisotopic (exact) mass is 431 g/mol. The first kappa shape index (κ1) is 23.5. The Balaban J connectivity index is 1.55. The first-order valence-electron chi connectivity index (χ1n) is 11.6. The van der Waals surface area contributed by atoms with Gasteiger partial charge in [-0.25, -0.2) is 9.38 Å². The van der Waals surface area contributed by atoms with Gasteiger partial charge < -0.3 is 20.6 Å². The highest BCUT2D eigenvalue weighted by atomic mass is 19.1. The second-order valence-electron chi connectivity index (χ2n) is 8.85. The summed E-state index contributed by atoms with van der Waals surface area (Å²) in [5, 5.41) is 16.5. The lowest BCUT2D eigenvalue weighted by Gasteiger charge is -2.33. The lowest BCUT2D eigenvalue weighted by Crippen LogP contribution is -2.48. The first-order chi connectivity index (χ1) is 14.9. The third kappa shape index (κ3) is 7.21. The zero-order valence-electron chi connectivity index (χ0n) is 19.0. The van der Waals surface area contributed by atoms with Crippen molar-refractivity contribution in [2.45, 2.75) is 58.2 Å². The van der Waals surface area contributed by atoms with E-state index in [0.717, 1.165) is 50.5 Å². The van der Waals surface area contributed by atoms with Crippen molar-refractivity contribution in [1.82, 2.24) is 15.5 Å². The molecule has 3 rings (SSSR count). The molecule has 172 valence electrons. The van der Waals surface area contributed by atoms with Crippen LogP contribution in [0.5, 0.6) is 0 Å². The molecule has 31 heavy (non-hydrogen) atoms. The minimum atomic E-state index is -0.261. The maximum atomic E-state index is 14.7. The van der Waals surface area contributed by atoms with Gasteiger partial charge in [-0.15, -0.1) is 0 Å². The summed E-state index contributed by atoms with van der Waals surface area (Å²) < 4.78 is 14.7. The van der Waals surface area contributed by atoms with E-state index in [-0.39, 0.29) is 11.9 Å². The predicted octanol–water partition coefficient (Wildman–Crippen LogP) is 2.88. The molecule has 0 atom stereocenters. The minimum Gasteiger partial charge on any atom is -0.393 e. The summed E-state index contributed by atoms with van der Waals surface area (Å²) in [5.74, 6) is 0.572. The SMILES string of the molecule is C=C(C)CN1CCC(NC(=NCc2ccc(N3CCC(O)CC3)c(F)c2)NCC)CC1. The largest absolute Gasteiger partial charge is 0.393 e. The predicted molar refractivity (Wildman–Crippen MR) is 126 cm³/mol. The lowest BCUT2D eigenvalue weighted by molar-refractivity contribution is 0.145. The third-order valence-corrected chi connectivity index (χ3v) is 6.00. The lowest BCUT2D eigenvalue weighted by atomic mass is 10.0. The fourth-order valence-corrected chi connectivity index (χ4v) is 4.31. The van der Waals surface area contributed by atoms with E-state index in [1.54, 1.807) is 6.07 Å². The maximum Gasteiger partial charge on any atom is 0.191 e. The number of hydrogen-bond donors (Lipinski definition) is 3. The highest BCUT2D eigenvalue weighted by Gasteiger charge is 2.21. The van der Waals surface area contributed by atoms with Gasteiger partial charge >= 0.3 is 0 Å². The van der Waals surface area contributed by atoms with Crippen LogP contribution in [0.25, 0.3) is 0 Å². The fraction of sp³-hybridized carbons (Fsp3) is 0.625. The van der Waals surface area contributed by atoms with E-state index in [9.17, 15) is 9.50 Å². The molecule has 2 saturated heterocycles. The highest BCUT2D eigenvalue weighted by molar-refractivity contribution is 5.80. The number of nitrogens with one attached hydrogen (secondary N) is 2. The van der Waals surface area contributed by atoms with Crippen LogP contribution in [-0.4, -0.2) is 67.4 Å². The van der Waals surface area contributed by atoms with Gasteiger partial charge in [0.05, 0.1) is 18.3 Å². The first-order valence-corrected chi connectivity index (χ1v) is 11.6. The fourth-order valence-electron chi connectivity index (χ4n) is 4.31. The molecule has 2 fully saturated rings. The molecule has 6 nitrogen and oxygen atoms in total. The zero-order chi connectivity index (χ0) is 22.2. The van der Waals surface area contributed by atoms with E-state index in [1.807, 2.05) is 17.0 Å². The summed E-state index contributed by atoms with van der Waals surface area (Å²) in [7, 11) is 0. The Hall–Kier alpha value is -2.12. The topological polar surface area (TPSA) is 63.1 Å². The van der Waals surface area contributed by atoms with Crippen molar-refractivity contribution in [3.8, 4) is 0 Å². The Morgan fingerprint density at radius 2 is 1.90 bits per heavy atom. The van der Waals surface area contributed by atoms with Crippen molar-refractivity contribution in [2.24, 2.45) is 4.99 Å². The molecule has 7 heteroatoms. The van der Waals surface area contributed by atoms with Crippen LogP contribution in [0.1, 0.15) is 45.1 Å². The van der Waals surface area contributed by atoms with Gasteiger partial charge in [0.15, 0.2) is 5.96 Å². The summed E-state index contributed by atoms with van der Waals surface area (Å²) in [6.07, 6.45) is 3.27. The molecule has 0 aromatic heterocycles. The van der Waals surface area contributed by atoms with E-state index >= 15 is 0 Å². The molecule has 0 amide bonds. The number of benzene rings is 1. The van der Waals surface area contributed by atoms with Crippen LogP contribution in [0.15, 0.2) is 35.3 Å². The molecule has 1 aromatic rings. The van der Waals surface area contributed by atoms with Crippen LogP contribution in [0, 0.1) is 5.82 Å². The standard InChI is InChI=1S/C24H38FN5O/c1-4-26-24(28-20-7-11-29(12-8-20)17-18(2)3)27-16-19-5-6-23(22(25)15-19)30-13-9-21(31)10-14-30/h5-6,15,20-21,31H,2,4,7-14,16-17H2,1,3H3,(H2,26,27,28). The van der Waals surface area contributed by atoms with Crippen molar-refractivity contribution >= 4 is 11.6 Å². The molecule has 3 N–H and O–H groups in total. The number of piperidine rings is 2. The van der Waals surface area contributed by atoms with Crippen molar-refractivity contribution in [3.63, 3.8) is 0 Å². The van der Waals surface area contributed by atoms with Crippen LogP contribution in [0.2, 0.25) is 0 Å². The van der Waals surface area contributed by atoms with E-state index in [4.69, 9.17) is 4.99 Å². The molecule has 2 heterocycles. The average molecular weight is 432 g/mol. The van der Waals surface area contributed by atoms with Gasteiger partial charge in [0, 0.05) is 45.3 Å². The van der Waals surface area contributed by atoms with Crippen LogP contribution in [0.3, 0.4) is 0 Å². The Labute approximate surface area is 186 Å². The minimum absolute atomic E-state index is 0.216. The number of rotatable bonds is 7. The van der Waals surface area contributed by atoms with E-state index in [1.165, 1.54) is 5.57 Å². The Bertz CT molecular complexity index is 752. The smallest absolute Gasteiger partial charge is 0.191 e. The summed E-state index contributed by atoms with van der Waals surface area (Å²) in [6, 6.07) is 5.78. The molecule has 0 saturated carbocycles. The Morgan fingerprint density at radius 3 is 2.52 bits per heavy atom. The summed E-state index contributed by atoms with van der Waals surface area (Å²) in [5.41, 5.74) is 2.68. The summed E-state index contributed by atoms with van der Waals surface area (Å²) in [4.78, 5) is 9.15. The average Bonchev–Trinajstić information content (AvgIpc) is 2.74. The molecular weight excluding hydrogens is 393 g/mol. The molecule has 0 radical (unpaired) electrons. The van der Waals surface area contributed by atoms with Crippen molar-refractivity contribution in [3.05, 3.63) is 41.7 Å². The molecular formula is C24H38FN5O. The number of aliphatic hydroxyl groups is 1. The van der Waals surface area contributed by atoms with Gasteiger partial charge in [0.25, 0.3) is 0 Å². The number of halogens is 1.